The Morgan fingerprint density at radius 1 is 0.889 bits per heavy atom. The summed E-state index contributed by atoms with van der Waals surface area (Å²) in [5.74, 6) is 0. The maximum absolute atomic E-state index is 4.00. The van der Waals surface area contributed by atoms with Gasteiger partial charge >= 0.3 is 0 Å². The van der Waals surface area contributed by atoms with Crippen LogP contribution in [0.5, 0.6) is 0 Å². The van der Waals surface area contributed by atoms with Crippen molar-refractivity contribution in [1.29, 1.82) is 0 Å². The maximum Gasteiger partial charge on any atom is -0.0215 e. The molecule has 0 aromatic heterocycles. The molecule has 0 saturated carbocycles. The largest absolute Gasteiger partial charge is 0.183 e. The number of thiol groups is 1. The molecule has 0 nitrogen and oxygen atoms in total. The fourth-order valence-corrected chi connectivity index (χ4v) is 0.807. The molecule has 1 aromatic rings. The predicted octanol–water partition coefficient (Wildman–Crippen LogP) is 5.93. The second-order valence-corrected chi connectivity index (χ2v) is 3.16. The number of unbranched alkanes of at least 4 members (excludes halogenated alkanes) is 1. The molecule has 0 saturated heterocycles. The van der Waals surface area contributed by atoms with Crippen molar-refractivity contribution in [3.8, 4) is 12.8 Å². The van der Waals surface area contributed by atoms with Gasteiger partial charge in [0.25, 0.3) is 0 Å². The molecule has 0 aliphatic heterocycles. The summed E-state index contributed by atoms with van der Waals surface area (Å²) in [5.41, 5.74) is 2.68. The van der Waals surface area contributed by atoms with E-state index in [0.717, 1.165) is 0 Å². The molecule has 1 aromatic carbocycles. The normalized spacial score (nSPS) is 6.56. The molecule has 0 spiro atoms. The van der Waals surface area contributed by atoms with Crippen LogP contribution in [0.15, 0.2) is 24.3 Å². The summed E-state index contributed by atoms with van der Waals surface area (Å²) < 4.78 is 0. The first kappa shape index (κ1) is 25.9. The molecule has 18 heavy (non-hydrogen) atoms. The number of aryl methyl sites for hydroxylation is 2. The highest BCUT2D eigenvalue weighted by molar-refractivity contribution is 7.79. The van der Waals surface area contributed by atoms with Crippen molar-refractivity contribution in [2.24, 2.45) is 0 Å². The minimum atomic E-state index is 1.32. The van der Waals surface area contributed by atoms with Gasteiger partial charge in [0.15, 0.2) is 0 Å². The molecular weight excluding hydrogens is 236 g/mol. The Morgan fingerprint density at radius 2 is 1.17 bits per heavy atom. The average molecular weight is 269 g/mol. The lowest BCUT2D eigenvalue weighted by Crippen LogP contribution is -1.71. The van der Waals surface area contributed by atoms with Gasteiger partial charge in [0.2, 0.25) is 0 Å². The molecule has 106 valence electrons. The lowest BCUT2D eigenvalue weighted by atomic mass is 10.2. The fraction of sp³-hybridized carbons (Fsp3) is 0.529. The Balaban J connectivity index is -0.0000000841. The van der Waals surface area contributed by atoms with E-state index in [-0.39, 0.29) is 0 Å². The lowest BCUT2D eigenvalue weighted by Gasteiger charge is -1.90. The lowest BCUT2D eigenvalue weighted by molar-refractivity contribution is 0.886. The number of hydrogen-bond donors (Lipinski definition) is 1. The van der Waals surface area contributed by atoms with Crippen molar-refractivity contribution in [3.63, 3.8) is 0 Å². The molecule has 0 atom stereocenters. The summed E-state index contributed by atoms with van der Waals surface area (Å²) in [6.45, 7) is 12.6. The van der Waals surface area contributed by atoms with Crippen LogP contribution in [0.3, 0.4) is 0 Å². The Bertz CT molecular complexity index is 219. The van der Waals surface area contributed by atoms with Crippen LogP contribution in [0.4, 0.5) is 0 Å². The van der Waals surface area contributed by atoms with Crippen molar-refractivity contribution < 1.29 is 0 Å². The minimum Gasteiger partial charge on any atom is -0.183 e. The smallest absolute Gasteiger partial charge is 0.0215 e. The zero-order valence-electron chi connectivity index (χ0n) is 13.3. The van der Waals surface area contributed by atoms with Crippen LogP contribution in [0.25, 0.3) is 0 Å². The maximum atomic E-state index is 4.00. The SMILES string of the molecule is C#C.CC.CCCC.CS.Cc1cccc(C)c1. The van der Waals surface area contributed by atoms with Crippen molar-refractivity contribution in [2.45, 2.75) is 54.4 Å². The van der Waals surface area contributed by atoms with E-state index >= 15 is 0 Å². The Kier molecular flexibility index (Phi) is 42.8. The molecule has 0 aliphatic carbocycles. The highest BCUT2D eigenvalue weighted by Gasteiger charge is 1.80. The third-order valence-electron chi connectivity index (χ3n) is 1.67. The van der Waals surface area contributed by atoms with Crippen molar-refractivity contribution >= 4 is 12.6 Å². The molecule has 0 bridgehead atoms. The zero-order valence-corrected chi connectivity index (χ0v) is 14.2. The average Bonchev–Trinajstić information content (AvgIpc) is 2.45. The van der Waals surface area contributed by atoms with E-state index in [9.17, 15) is 0 Å². The quantitative estimate of drug-likeness (QED) is 0.473. The van der Waals surface area contributed by atoms with E-state index in [1.54, 1.807) is 6.26 Å². The van der Waals surface area contributed by atoms with Gasteiger partial charge in [0.1, 0.15) is 0 Å². The van der Waals surface area contributed by atoms with Gasteiger partial charge in [0, 0.05) is 0 Å². The molecule has 0 unspecified atom stereocenters. The molecule has 0 N–H and O–H groups in total. The molecule has 0 radical (unpaired) electrons. The van der Waals surface area contributed by atoms with Crippen LogP contribution < -0.4 is 0 Å². The number of benzene rings is 1. The number of terminal acetylenes is 1. The van der Waals surface area contributed by atoms with Crippen LogP contribution in [0, 0.1) is 26.7 Å². The van der Waals surface area contributed by atoms with Crippen molar-refractivity contribution in [2.75, 3.05) is 6.26 Å². The highest BCUT2D eigenvalue weighted by Crippen LogP contribution is 2.00. The molecule has 1 heteroatoms. The summed E-state index contributed by atoms with van der Waals surface area (Å²) in [7, 11) is 0. The third-order valence-corrected chi connectivity index (χ3v) is 1.67. The Morgan fingerprint density at radius 3 is 1.28 bits per heavy atom. The van der Waals surface area contributed by atoms with Gasteiger partial charge in [-0.25, -0.2) is 0 Å². The topological polar surface area (TPSA) is 0 Å². The fourth-order valence-electron chi connectivity index (χ4n) is 0.807. The summed E-state index contributed by atoms with van der Waals surface area (Å²) in [4.78, 5) is 0. The minimum absolute atomic E-state index is 1.32. The van der Waals surface area contributed by atoms with Gasteiger partial charge in [-0.05, 0) is 20.1 Å². The first-order chi connectivity index (χ1) is 8.70. The van der Waals surface area contributed by atoms with Crippen LogP contribution >= 0.6 is 12.6 Å². The molecular formula is C17H32S. The van der Waals surface area contributed by atoms with E-state index < -0.39 is 0 Å². The molecule has 0 heterocycles. The van der Waals surface area contributed by atoms with Crippen molar-refractivity contribution in [1.82, 2.24) is 0 Å². The predicted molar refractivity (Wildman–Crippen MR) is 92.6 cm³/mol. The Hall–Kier alpha value is -0.870. The first-order valence-corrected chi connectivity index (χ1v) is 7.41. The summed E-state index contributed by atoms with van der Waals surface area (Å²) in [6.07, 6.45) is 12.3. The highest BCUT2D eigenvalue weighted by atomic mass is 32.1. The van der Waals surface area contributed by atoms with E-state index in [2.05, 4.69) is 77.4 Å². The standard InChI is InChI=1S/C8H10.C4H10.C2H6.C2H2.CH4S/c1-7-4-3-5-8(2)6-7;1-3-4-2;3*1-2/h3-6H,1-2H3;3-4H2,1-2H3;1-2H3;1-2H;2H,1H3. The molecule has 0 fully saturated rings. The summed E-state index contributed by atoms with van der Waals surface area (Å²) >= 11 is 3.53. The van der Waals surface area contributed by atoms with Crippen LogP contribution in [0.1, 0.15) is 51.7 Å². The molecule has 1 rings (SSSR count). The third kappa shape index (κ3) is 29.4. The van der Waals surface area contributed by atoms with Gasteiger partial charge in [-0.1, -0.05) is 75.9 Å². The monoisotopic (exact) mass is 268 g/mol. The molecule has 0 amide bonds. The summed E-state index contributed by atoms with van der Waals surface area (Å²) in [5, 5.41) is 0. The van der Waals surface area contributed by atoms with Crippen LogP contribution in [0.2, 0.25) is 0 Å². The van der Waals surface area contributed by atoms with Crippen LogP contribution in [-0.4, -0.2) is 6.26 Å². The van der Waals surface area contributed by atoms with Gasteiger partial charge < -0.3 is 0 Å². The van der Waals surface area contributed by atoms with E-state index in [1.165, 1.54) is 24.0 Å². The van der Waals surface area contributed by atoms with Gasteiger partial charge in [0.05, 0.1) is 0 Å². The second kappa shape index (κ2) is 29.8. The Labute approximate surface area is 122 Å². The van der Waals surface area contributed by atoms with Crippen LogP contribution in [-0.2, 0) is 0 Å². The summed E-state index contributed by atoms with van der Waals surface area (Å²) in [6, 6.07) is 8.45. The zero-order chi connectivity index (χ0) is 15.4. The second-order valence-electron chi connectivity index (χ2n) is 3.16. The number of rotatable bonds is 1. The van der Waals surface area contributed by atoms with E-state index in [1.807, 2.05) is 13.8 Å². The first-order valence-electron chi connectivity index (χ1n) is 6.52. The van der Waals surface area contributed by atoms with E-state index in [4.69, 9.17) is 0 Å². The van der Waals surface area contributed by atoms with Gasteiger partial charge in [-0.15, -0.1) is 12.8 Å². The van der Waals surface area contributed by atoms with Gasteiger partial charge in [-0.3, -0.25) is 0 Å². The molecule has 0 aliphatic rings. The van der Waals surface area contributed by atoms with Crippen molar-refractivity contribution in [3.05, 3.63) is 35.4 Å². The van der Waals surface area contributed by atoms with Gasteiger partial charge in [-0.2, -0.15) is 12.6 Å². The van der Waals surface area contributed by atoms with E-state index in [0.29, 0.717) is 0 Å². The number of hydrogen-bond acceptors (Lipinski definition) is 1.